The van der Waals surface area contributed by atoms with E-state index < -0.39 is 23.0 Å². The van der Waals surface area contributed by atoms with Crippen LogP contribution in [-0.2, 0) is 11.8 Å². The minimum absolute atomic E-state index is 0.0393. The number of halogens is 1. The highest BCUT2D eigenvalue weighted by molar-refractivity contribution is 5.93. The van der Waals surface area contributed by atoms with E-state index >= 15 is 0 Å². The number of hydrogen-bond donors (Lipinski definition) is 2. The standard InChI is InChI=1S/C24H26FN5O2/c1-28-21(19(25)22(31)27-28)20(17-8-4-2-5-9-17)29-14-12-24(13-15-29)23(32)26-16-30(24)18-10-6-3-7-11-18/h2-11,20H,12-16H2,1H3,(H,26,32)(H,27,31). The molecule has 2 aromatic carbocycles. The van der Waals surface area contributed by atoms with E-state index in [1.165, 1.54) is 4.68 Å². The van der Waals surface area contributed by atoms with Gasteiger partial charge < -0.3 is 10.2 Å². The van der Waals surface area contributed by atoms with Crippen molar-refractivity contribution in [2.24, 2.45) is 7.05 Å². The van der Waals surface area contributed by atoms with Gasteiger partial charge in [-0.15, -0.1) is 0 Å². The first-order valence-corrected chi connectivity index (χ1v) is 10.9. The van der Waals surface area contributed by atoms with E-state index in [1.807, 2.05) is 60.7 Å². The number of aromatic nitrogens is 2. The highest BCUT2D eigenvalue weighted by Gasteiger charge is 2.51. The summed E-state index contributed by atoms with van der Waals surface area (Å²) in [5.41, 5.74) is 0.891. The molecule has 8 heteroatoms. The Labute approximate surface area is 185 Å². The molecule has 1 unspecified atom stereocenters. The van der Waals surface area contributed by atoms with Gasteiger partial charge >= 0.3 is 0 Å². The third-order valence-corrected chi connectivity index (χ3v) is 6.82. The lowest BCUT2D eigenvalue weighted by atomic mass is 9.84. The second kappa shape index (κ2) is 7.94. The van der Waals surface area contributed by atoms with Crippen LogP contribution in [0.1, 0.15) is 30.1 Å². The first kappa shape index (κ1) is 20.5. The number of benzene rings is 2. The Balaban J connectivity index is 1.48. The summed E-state index contributed by atoms with van der Waals surface area (Å²) in [5, 5.41) is 5.55. The Morgan fingerprint density at radius 3 is 2.19 bits per heavy atom. The normalized spacial score (nSPS) is 19.3. The highest BCUT2D eigenvalue weighted by Crippen LogP contribution is 2.39. The van der Waals surface area contributed by atoms with Crippen LogP contribution in [0.25, 0.3) is 0 Å². The van der Waals surface area contributed by atoms with Gasteiger partial charge in [-0.2, -0.15) is 4.39 Å². The van der Waals surface area contributed by atoms with Crippen LogP contribution in [0, 0.1) is 5.82 Å². The molecule has 0 aliphatic carbocycles. The lowest BCUT2D eigenvalue weighted by Crippen LogP contribution is -2.57. The van der Waals surface area contributed by atoms with Crippen molar-refractivity contribution in [2.75, 3.05) is 24.7 Å². The molecule has 2 N–H and O–H groups in total. The number of nitrogens with zero attached hydrogens (tertiary/aromatic N) is 3. The summed E-state index contributed by atoms with van der Waals surface area (Å²) in [7, 11) is 1.66. The van der Waals surface area contributed by atoms with Crippen molar-refractivity contribution in [3.05, 3.63) is 88.1 Å². The first-order chi connectivity index (χ1) is 15.5. The molecule has 1 atom stereocenters. The number of carbonyl (C=O) groups excluding carboxylic acids is 1. The van der Waals surface area contributed by atoms with E-state index in [0.29, 0.717) is 38.3 Å². The summed E-state index contributed by atoms with van der Waals surface area (Å²) >= 11 is 0. The SMILES string of the molecule is Cn1[nH]c(=O)c(F)c1C(c1ccccc1)N1CCC2(CC1)C(=O)NCN2c1ccccc1. The van der Waals surface area contributed by atoms with Gasteiger partial charge in [0.15, 0.2) is 0 Å². The number of para-hydroxylation sites is 1. The van der Waals surface area contributed by atoms with Gasteiger partial charge in [-0.3, -0.25) is 24.3 Å². The van der Waals surface area contributed by atoms with E-state index in [1.54, 1.807) is 7.05 Å². The largest absolute Gasteiger partial charge is 0.339 e. The van der Waals surface area contributed by atoms with Crippen LogP contribution < -0.4 is 15.8 Å². The molecular weight excluding hydrogens is 409 g/mol. The zero-order valence-electron chi connectivity index (χ0n) is 17.9. The van der Waals surface area contributed by atoms with Gasteiger partial charge in [0.25, 0.3) is 5.56 Å². The fourth-order valence-corrected chi connectivity index (χ4v) is 5.19. The zero-order valence-corrected chi connectivity index (χ0v) is 17.9. The van der Waals surface area contributed by atoms with E-state index in [0.717, 1.165) is 11.3 Å². The highest BCUT2D eigenvalue weighted by atomic mass is 19.1. The maximum atomic E-state index is 14.9. The van der Waals surface area contributed by atoms with Crippen LogP contribution in [0.2, 0.25) is 0 Å². The van der Waals surface area contributed by atoms with Crippen molar-refractivity contribution >= 4 is 11.6 Å². The van der Waals surface area contributed by atoms with Crippen LogP contribution in [0.3, 0.4) is 0 Å². The van der Waals surface area contributed by atoms with Crippen molar-refractivity contribution in [3.63, 3.8) is 0 Å². The number of rotatable bonds is 4. The van der Waals surface area contributed by atoms with Crippen molar-refractivity contribution in [2.45, 2.75) is 24.4 Å². The second-order valence-electron chi connectivity index (χ2n) is 8.51. The molecule has 3 aromatic rings. The number of likely N-dealkylation sites (tertiary alicyclic amines) is 1. The topological polar surface area (TPSA) is 73.4 Å². The van der Waals surface area contributed by atoms with E-state index in [4.69, 9.17) is 0 Å². The Morgan fingerprint density at radius 2 is 1.59 bits per heavy atom. The van der Waals surface area contributed by atoms with Crippen molar-refractivity contribution < 1.29 is 9.18 Å². The molecule has 32 heavy (non-hydrogen) atoms. The quantitative estimate of drug-likeness (QED) is 0.660. The summed E-state index contributed by atoms with van der Waals surface area (Å²) in [6.45, 7) is 1.66. The molecule has 3 heterocycles. The summed E-state index contributed by atoms with van der Waals surface area (Å²) in [6.07, 6.45) is 1.22. The number of carbonyl (C=O) groups is 1. The van der Waals surface area contributed by atoms with Crippen LogP contribution in [0.5, 0.6) is 0 Å². The maximum absolute atomic E-state index is 14.9. The van der Waals surface area contributed by atoms with E-state index in [-0.39, 0.29) is 5.91 Å². The molecule has 5 rings (SSSR count). The first-order valence-electron chi connectivity index (χ1n) is 10.9. The average molecular weight is 436 g/mol. The molecule has 0 saturated carbocycles. The monoisotopic (exact) mass is 435 g/mol. The minimum Gasteiger partial charge on any atom is -0.339 e. The van der Waals surface area contributed by atoms with Gasteiger partial charge in [0, 0.05) is 25.8 Å². The lowest BCUT2D eigenvalue weighted by Gasteiger charge is -2.45. The molecule has 2 fully saturated rings. The fraction of sp³-hybridized carbons (Fsp3) is 0.333. The number of aryl methyl sites for hydroxylation is 1. The summed E-state index contributed by atoms with van der Waals surface area (Å²) in [5.74, 6) is -0.719. The van der Waals surface area contributed by atoms with Gasteiger partial charge in [0.1, 0.15) is 5.54 Å². The predicted molar refractivity (Wildman–Crippen MR) is 120 cm³/mol. The van der Waals surface area contributed by atoms with Crippen LogP contribution >= 0.6 is 0 Å². The molecule has 7 nitrogen and oxygen atoms in total. The van der Waals surface area contributed by atoms with Gasteiger partial charge in [0.05, 0.1) is 18.4 Å². The third kappa shape index (κ3) is 3.22. The van der Waals surface area contributed by atoms with Crippen molar-refractivity contribution in [1.29, 1.82) is 0 Å². The molecule has 2 aliphatic rings. The van der Waals surface area contributed by atoms with Gasteiger partial charge in [0.2, 0.25) is 11.7 Å². The molecular formula is C24H26FN5O2. The summed E-state index contributed by atoms with van der Waals surface area (Å²) in [6, 6.07) is 19.2. The second-order valence-corrected chi connectivity index (χ2v) is 8.51. The lowest BCUT2D eigenvalue weighted by molar-refractivity contribution is -0.125. The molecule has 166 valence electrons. The van der Waals surface area contributed by atoms with Crippen LogP contribution in [0.4, 0.5) is 10.1 Å². The van der Waals surface area contributed by atoms with E-state index in [9.17, 15) is 14.0 Å². The molecule has 1 spiro atoms. The van der Waals surface area contributed by atoms with Crippen LogP contribution in [0.15, 0.2) is 65.5 Å². The van der Waals surface area contributed by atoms with Gasteiger partial charge in [-0.05, 0) is 30.5 Å². The number of nitrogens with one attached hydrogen (secondary N) is 2. The number of anilines is 1. The summed E-state index contributed by atoms with van der Waals surface area (Å²) in [4.78, 5) is 29.3. The average Bonchev–Trinajstić information content (AvgIpc) is 3.26. The van der Waals surface area contributed by atoms with Crippen molar-refractivity contribution in [1.82, 2.24) is 20.0 Å². The third-order valence-electron chi connectivity index (χ3n) is 6.82. The molecule has 1 amide bonds. The van der Waals surface area contributed by atoms with Crippen LogP contribution in [-0.4, -0.2) is 45.9 Å². The molecule has 0 radical (unpaired) electrons. The number of piperidine rings is 1. The van der Waals surface area contributed by atoms with Gasteiger partial charge in [-0.1, -0.05) is 48.5 Å². The predicted octanol–water partition coefficient (Wildman–Crippen LogP) is 2.37. The minimum atomic E-state index is -0.758. The Morgan fingerprint density at radius 1 is 0.969 bits per heavy atom. The zero-order chi connectivity index (χ0) is 22.3. The molecule has 2 saturated heterocycles. The molecule has 1 aromatic heterocycles. The number of aromatic amines is 1. The van der Waals surface area contributed by atoms with E-state index in [2.05, 4.69) is 20.2 Å². The van der Waals surface area contributed by atoms with Gasteiger partial charge in [-0.25, -0.2) is 0 Å². The number of amides is 1. The Kier molecular flexibility index (Phi) is 5.09. The summed E-state index contributed by atoms with van der Waals surface area (Å²) < 4.78 is 16.4. The maximum Gasteiger partial charge on any atom is 0.300 e. The molecule has 0 bridgehead atoms. The Hall–Kier alpha value is -3.39. The molecule has 2 aliphatic heterocycles. The number of hydrogen-bond acceptors (Lipinski definition) is 4. The smallest absolute Gasteiger partial charge is 0.300 e. The number of H-pyrrole nitrogens is 1. The van der Waals surface area contributed by atoms with Crippen molar-refractivity contribution in [3.8, 4) is 0 Å². The fourth-order valence-electron chi connectivity index (χ4n) is 5.19. The Bertz CT molecular complexity index is 1170.